The van der Waals surface area contributed by atoms with Crippen LogP contribution in [0.25, 0.3) is 11.1 Å². The number of unbranched alkanes of at least 4 members (excludes halogenated alkanes) is 1. The smallest absolute Gasteiger partial charge is 0.336 e. The minimum Gasteiger partial charge on any atom is -0.478 e. The van der Waals surface area contributed by atoms with Gasteiger partial charge < -0.3 is 14.6 Å². The van der Waals surface area contributed by atoms with Gasteiger partial charge in [-0.05, 0) is 35.6 Å². The predicted octanol–water partition coefficient (Wildman–Crippen LogP) is 5.45. The molecule has 3 rings (SSSR count). The number of carbonyl (C=O) groups is 1. The molecule has 0 bridgehead atoms. The number of benzene rings is 2. The number of methoxy groups -OCH3 is 2. The molecule has 0 fully saturated rings. The Balaban J connectivity index is 1.91. The third-order valence-electron chi connectivity index (χ3n) is 5.94. The van der Waals surface area contributed by atoms with Crippen molar-refractivity contribution < 1.29 is 19.4 Å². The van der Waals surface area contributed by atoms with E-state index in [-0.39, 0.29) is 5.56 Å². The molecule has 2 aromatic carbocycles. The van der Waals surface area contributed by atoms with Gasteiger partial charge in [-0.15, -0.1) is 6.58 Å². The highest BCUT2D eigenvalue weighted by molar-refractivity contribution is 5.95. The normalized spacial score (nSPS) is 11.5. The van der Waals surface area contributed by atoms with Gasteiger partial charge in [0.25, 0.3) is 0 Å². The Kier molecular flexibility index (Phi) is 8.73. The van der Waals surface area contributed by atoms with Crippen molar-refractivity contribution in [1.82, 2.24) is 14.8 Å². The predicted molar refractivity (Wildman–Crippen MR) is 132 cm³/mol. The zero-order valence-electron chi connectivity index (χ0n) is 20.2. The Bertz CT molecular complexity index is 1100. The summed E-state index contributed by atoms with van der Waals surface area (Å²) in [5, 5.41) is 14.2. The summed E-state index contributed by atoms with van der Waals surface area (Å²) in [5.74, 6) is -0.581. The lowest BCUT2D eigenvalue weighted by molar-refractivity contribution is -0.226. The number of hydrogen-bond acceptors (Lipinski definition) is 5. The van der Waals surface area contributed by atoms with Crippen molar-refractivity contribution in [2.24, 2.45) is 0 Å². The van der Waals surface area contributed by atoms with Crippen LogP contribution < -0.4 is 0 Å². The van der Waals surface area contributed by atoms with Gasteiger partial charge in [0, 0.05) is 33.6 Å². The van der Waals surface area contributed by atoms with E-state index in [4.69, 9.17) is 19.6 Å². The Morgan fingerprint density at radius 1 is 1.15 bits per heavy atom. The molecule has 0 radical (unpaired) electrons. The number of hydrogen-bond donors (Lipinski definition) is 1. The van der Waals surface area contributed by atoms with Gasteiger partial charge in [-0.25, -0.2) is 14.5 Å². The zero-order valence-corrected chi connectivity index (χ0v) is 20.2. The van der Waals surface area contributed by atoms with Crippen LogP contribution >= 0.6 is 0 Å². The maximum Gasteiger partial charge on any atom is 0.336 e. The van der Waals surface area contributed by atoms with Crippen LogP contribution in [0.3, 0.4) is 0 Å². The second-order valence-electron chi connectivity index (χ2n) is 8.14. The lowest BCUT2D eigenvalue weighted by atomic mass is 9.98. The van der Waals surface area contributed by atoms with E-state index >= 15 is 0 Å². The summed E-state index contributed by atoms with van der Waals surface area (Å²) in [6.07, 6.45) is 5.80. The molecule has 34 heavy (non-hydrogen) atoms. The van der Waals surface area contributed by atoms with Crippen LogP contribution in [0.1, 0.15) is 60.2 Å². The van der Waals surface area contributed by atoms with Crippen LogP contribution in [0.4, 0.5) is 0 Å². The fourth-order valence-electron chi connectivity index (χ4n) is 3.96. The Labute approximate surface area is 201 Å². The first-order chi connectivity index (χ1) is 16.5. The summed E-state index contributed by atoms with van der Waals surface area (Å²) in [5.41, 5.74) is 2.88. The molecular formula is C27H33N3O4. The molecule has 0 saturated heterocycles. The highest BCUT2D eigenvalue weighted by Crippen LogP contribution is 2.30. The van der Waals surface area contributed by atoms with Crippen LogP contribution in [0.15, 0.2) is 61.2 Å². The largest absolute Gasteiger partial charge is 0.478 e. The fraction of sp³-hybridized carbons (Fsp3) is 0.370. The monoisotopic (exact) mass is 463 g/mol. The van der Waals surface area contributed by atoms with E-state index in [0.717, 1.165) is 36.2 Å². The number of ether oxygens (including phenoxy) is 2. The number of carboxylic acid groups (broad SMARTS) is 1. The van der Waals surface area contributed by atoms with E-state index in [1.165, 1.54) is 0 Å². The van der Waals surface area contributed by atoms with Gasteiger partial charge >= 0.3 is 5.97 Å². The number of aromatic carboxylic acids is 1. The van der Waals surface area contributed by atoms with Crippen LogP contribution in [-0.4, -0.2) is 40.1 Å². The van der Waals surface area contributed by atoms with Gasteiger partial charge in [0.2, 0.25) is 11.6 Å². The zero-order chi connectivity index (χ0) is 24.6. The molecule has 1 N–H and O–H groups in total. The first-order valence-electron chi connectivity index (χ1n) is 11.5. The van der Waals surface area contributed by atoms with Crippen LogP contribution in [-0.2, 0) is 28.2 Å². The molecule has 180 valence electrons. The molecule has 7 nitrogen and oxygen atoms in total. The lowest BCUT2D eigenvalue weighted by Crippen LogP contribution is -2.32. The van der Waals surface area contributed by atoms with E-state index in [9.17, 15) is 9.90 Å². The molecule has 7 heteroatoms. The minimum absolute atomic E-state index is 0.284. The minimum atomic E-state index is -0.978. The summed E-state index contributed by atoms with van der Waals surface area (Å²) < 4.78 is 13.4. The highest BCUT2D eigenvalue weighted by atomic mass is 16.7. The molecule has 0 spiro atoms. The molecule has 0 amide bonds. The average Bonchev–Trinajstić information content (AvgIpc) is 3.27. The van der Waals surface area contributed by atoms with Gasteiger partial charge in [-0.1, -0.05) is 61.9 Å². The van der Waals surface area contributed by atoms with Crippen molar-refractivity contribution in [3.8, 4) is 11.1 Å². The molecule has 1 heterocycles. The van der Waals surface area contributed by atoms with Gasteiger partial charge in [0.15, 0.2) is 0 Å². The fourth-order valence-corrected chi connectivity index (χ4v) is 3.96. The van der Waals surface area contributed by atoms with Gasteiger partial charge in [0.05, 0.1) is 5.56 Å². The van der Waals surface area contributed by atoms with Crippen molar-refractivity contribution in [2.75, 3.05) is 14.2 Å². The first kappa shape index (κ1) is 25.3. The number of aromatic nitrogens is 3. The van der Waals surface area contributed by atoms with E-state index in [1.807, 2.05) is 47.2 Å². The van der Waals surface area contributed by atoms with Crippen molar-refractivity contribution >= 4 is 5.97 Å². The standard InChI is InChI=1S/C27H33N3O4/c1-5-7-17-27(33-3,34-4)26-28-24(30(29-26)18-8-6-2)19-20-13-15-21(16-14-20)22-11-9-10-12-23(22)25(31)32/h6,9-16H,2,5,7-8,17-19H2,1,3-4H3,(H,31,32). The van der Waals surface area contributed by atoms with Gasteiger partial charge in [-0.3, -0.25) is 0 Å². The maximum absolute atomic E-state index is 11.6. The van der Waals surface area contributed by atoms with Gasteiger partial charge in [0.1, 0.15) is 5.82 Å². The van der Waals surface area contributed by atoms with E-state index in [2.05, 4.69) is 13.5 Å². The number of carboxylic acids is 1. The molecule has 0 aliphatic rings. The highest BCUT2D eigenvalue weighted by Gasteiger charge is 2.37. The molecule has 0 saturated carbocycles. The number of aryl methyl sites for hydroxylation is 1. The van der Waals surface area contributed by atoms with Gasteiger partial charge in [-0.2, -0.15) is 5.10 Å². The lowest BCUT2D eigenvalue weighted by Gasteiger charge is -2.27. The van der Waals surface area contributed by atoms with Crippen molar-refractivity contribution in [2.45, 2.75) is 51.4 Å². The first-order valence-corrected chi connectivity index (χ1v) is 11.5. The number of rotatable bonds is 13. The Morgan fingerprint density at radius 3 is 2.47 bits per heavy atom. The molecule has 3 aromatic rings. The van der Waals surface area contributed by atoms with Crippen LogP contribution in [0, 0.1) is 0 Å². The summed E-state index contributed by atoms with van der Waals surface area (Å²) in [7, 11) is 3.24. The molecule has 1 aromatic heterocycles. The molecule has 0 aliphatic carbocycles. The second-order valence-corrected chi connectivity index (χ2v) is 8.14. The summed E-state index contributed by atoms with van der Waals surface area (Å²) in [6.45, 7) is 6.60. The van der Waals surface area contributed by atoms with Crippen molar-refractivity contribution in [3.05, 3.63) is 84.0 Å². The number of allylic oxidation sites excluding steroid dienone is 1. The number of nitrogens with zero attached hydrogens (tertiary/aromatic N) is 3. The van der Waals surface area contributed by atoms with Crippen LogP contribution in [0.5, 0.6) is 0 Å². The Hall–Kier alpha value is -3.29. The summed E-state index contributed by atoms with van der Waals surface area (Å²) in [4.78, 5) is 16.4. The van der Waals surface area contributed by atoms with E-state index < -0.39 is 11.8 Å². The summed E-state index contributed by atoms with van der Waals surface area (Å²) >= 11 is 0. The van der Waals surface area contributed by atoms with E-state index in [0.29, 0.717) is 30.8 Å². The third kappa shape index (κ3) is 5.61. The molecule has 0 atom stereocenters. The topological polar surface area (TPSA) is 86.5 Å². The molecule has 0 aliphatic heterocycles. The summed E-state index contributed by atoms with van der Waals surface area (Å²) in [6, 6.07) is 14.9. The SMILES string of the molecule is C=CCCn1nc(C(CCCC)(OC)OC)nc1Cc1ccc(-c2ccccc2C(=O)O)cc1. The van der Waals surface area contributed by atoms with Crippen LogP contribution in [0.2, 0.25) is 0 Å². The second kappa shape index (κ2) is 11.7. The quantitative estimate of drug-likeness (QED) is 0.268. The maximum atomic E-state index is 11.6. The third-order valence-corrected chi connectivity index (χ3v) is 5.94. The molecular weight excluding hydrogens is 430 g/mol. The van der Waals surface area contributed by atoms with Crippen molar-refractivity contribution in [3.63, 3.8) is 0 Å². The molecule has 0 unspecified atom stereocenters. The Morgan fingerprint density at radius 2 is 1.85 bits per heavy atom. The average molecular weight is 464 g/mol. The van der Waals surface area contributed by atoms with E-state index in [1.54, 1.807) is 26.4 Å². The van der Waals surface area contributed by atoms with Crippen molar-refractivity contribution in [1.29, 1.82) is 0 Å².